The van der Waals surface area contributed by atoms with Gasteiger partial charge in [0, 0.05) is 18.5 Å². The van der Waals surface area contributed by atoms with Gasteiger partial charge < -0.3 is 4.74 Å². The van der Waals surface area contributed by atoms with Crippen molar-refractivity contribution in [1.82, 2.24) is 15.1 Å². The highest BCUT2D eigenvalue weighted by Gasteiger charge is 2.38. The molecule has 0 aliphatic carbocycles. The number of anilines is 1. The summed E-state index contributed by atoms with van der Waals surface area (Å²) in [5.41, 5.74) is -0.576. The Morgan fingerprint density at radius 2 is 1.78 bits per heavy atom. The van der Waals surface area contributed by atoms with Gasteiger partial charge in [-0.3, -0.25) is 15.0 Å². The molecule has 0 saturated carbocycles. The molecule has 1 aliphatic rings. The third-order valence-corrected chi connectivity index (χ3v) is 4.71. The first-order chi connectivity index (χ1) is 10.4. The molecule has 1 amide bonds. The molecule has 1 saturated heterocycles. The van der Waals surface area contributed by atoms with Gasteiger partial charge in [0.15, 0.2) is 0 Å². The molecule has 2 rings (SSSR count). The quantitative estimate of drug-likeness (QED) is 0.916. The lowest BCUT2D eigenvalue weighted by molar-refractivity contribution is -0.180. The zero-order valence-electron chi connectivity index (χ0n) is 15.2. The molecule has 0 radical (unpaired) electrons. The van der Waals surface area contributed by atoms with E-state index in [9.17, 15) is 4.79 Å². The van der Waals surface area contributed by atoms with Gasteiger partial charge in [-0.1, -0.05) is 32.1 Å². The van der Waals surface area contributed by atoms with Gasteiger partial charge in [-0.05, 0) is 27.7 Å². The molecular formula is C16H28N4O2S. The van der Waals surface area contributed by atoms with Crippen molar-refractivity contribution >= 4 is 22.4 Å². The van der Waals surface area contributed by atoms with E-state index in [1.54, 1.807) is 0 Å². The predicted octanol–water partition coefficient (Wildman–Crippen LogP) is 2.66. The lowest BCUT2D eigenvalue weighted by Gasteiger charge is -2.46. The Labute approximate surface area is 142 Å². The van der Waals surface area contributed by atoms with E-state index in [1.807, 2.05) is 0 Å². The number of aromatic nitrogens is 2. The lowest BCUT2D eigenvalue weighted by atomic mass is 9.98. The second-order valence-electron chi connectivity index (χ2n) is 8.48. The molecule has 0 unspecified atom stereocenters. The number of hydrogen-bond acceptors (Lipinski definition) is 6. The minimum Gasteiger partial charge on any atom is -0.367 e. The molecule has 0 atom stereocenters. The van der Waals surface area contributed by atoms with Crippen molar-refractivity contribution in [2.24, 2.45) is 0 Å². The summed E-state index contributed by atoms with van der Waals surface area (Å²) in [7, 11) is 0. The molecule has 1 N–H and O–H groups in total. The Bertz CT molecular complexity index is 559. The number of nitrogens with one attached hydrogen (secondary N) is 1. The van der Waals surface area contributed by atoms with Crippen LogP contribution in [0.5, 0.6) is 0 Å². The molecule has 7 heteroatoms. The van der Waals surface area contributed by atoms with Crippen LogP contribution in [0.1, 0.15) is 53.5 Å². The summed E-state index contributed by atoms with van der Waals surface area (Å²) in [4.78, 5) is 14.4. The van der Waals surface area contributed by atoms with Crippen molar-refractivity contribution < 1.29 is 9.53 Å². The second-order valence-corrected chi connectivity index (χ2v) is 9.45. The van der Waals surface area contributed by atoms with Crippen LogP contribution in [0.15, 0.2) is 0 Å². The maximum Gasteiger partial charge on any atom is 0.240 e. The number of hydrogen-bond donors (Lipinski definition) is 1. The fourth-order valence-corrected chi connectivity index (χ4v) is 3.81. The third-order valence-electron chi connectivity index (χ3n) is 3.44. The van der Waals surface area contributed by atoms with E-state index in [1.165, 1.54) is 11.3 Å². The maximum absolute atomic E-state index is 12.3. The van der Waals surface area contributed by atoms with Crippen LogP contribution in [0.3, 0.4) is 0 Å². The van der Waals surface area contributed by atoms with Gasteiger partial charge >= 0.3 is 0 Å². The van der Waals surface area contributed by atoms with Gasteiger partial charge in [0.1, 0.15) is 5.01 Å². The molecule has 2 heterocycles. The maximum atomic E-state index is 12.3. The van der Waals surface area contributed by atoms with Gasteiger partial charge in [0.25, 0.3) is 0 Å². The van der Waals surface area contributed by atoms with Crippen LogP contribution in [0.2, 0.25) is 0 Å². The fraction of sp³-hybridized carbons (Fsp3) is 0.812. The third kappa shape index (κ3) is 5.22. The molecular weight excluding hydrogens is 312 g/mol. The molecule has 1 aliphatic heterocycles. The first-order valence-electron chi connectivity index (χ1n) is 7.93. The summed E-state index contributed by atoms with van der Waals surface area (Å²) < 4.78 is 6.04. The summed E-state index contributed by atoms with van der Waals surface area (Å²) in [6, 6.07) is 0. The van der Waals surface area contributed by atoms with Crippen LogP contribution in [0.4, 0.5) is 5.13 Å². The van der Waals surface area contributed by atoms with Crippen molar-refractivity contribution in [3.05, 3.63) is 5.01 Å². The number of morpholine rings is 1. The van der Waals surface area contributed by atoms with Gasteiger partial charge in [0.05, 0.1) is 17.7 Å². The molecule has 130 valence electrons. The van der Waals surface area contributed by atoms with Gasteiger partial charge in [-0.25, -0.2) is 0 Å². The molecule has 1 fully saturated rings. The minimum atomic E-state index is -0.260. The van der Waals surface area contributed by atoms with E-state index in [4.69, 9.17) is 4.74 Å². The number of carbonyl (C=O) groups is 1. The number of amides is 1. The largest absolute Gasteiger partial charge is 0.367 e. The van der Waals surface area contributed by atoms with Crippen LogP contribution in [-0.2, 0) is 14.9 Å². The van der Waals surface area contributed by atoms with E-state index in [0.29, 0.717) is 11.7 Å². The Morgan fingerprint density at radius 3 is 2.26 bits per heavy atom. The second kappa shape index (κ2) is 6.11. The first-order valence-corrected chi connectivity index (χ1v) is 8.74. The van der Waals surface area contributed by atoms with Crippen LogP contribution in [0.25, 0.3) is 0 Å². The first kappa shape index (κ1) is 18.3. The average molecular weight is 340 g/mol. The zero-order valence-corrected chi connectivity index (χ0v) is 16.0. The van der Waals surface area contributed by atoms with Crippen LogP contribution >= 0.6 is 11.3 Å². The predicted molar refractivity (Wildman–Crippen MR) is 92.9 cm³/mol. The minimum absolute atomic E-state index is 0.0566. The Balaban J connectivity index is 1.96. The average Bonchev–Trinajstić information content (AvgIpc) is 2.71. The van der Waals surface area contributed by atoms with Crippen molar-refractivity contribution in [2.75, 3.05) is 25.0 Å². The van der Waals surface area contributed by atoms with E-state index in [0.717, 1.165) is 18.1 Å². The molecule has 1 aromatic rings. The summed E-state index contributed by atoms with van der Waals surface area (Å²) in [6.45, 7) is 16.3. The highest BCUT2D eigenvalue weighted by atomic mass is 32.1. The van der Waals surface area contributed by atoms with Crippen LogP contribution < -0.4 is 5.32 Å². The van der Waals surface area contributed by atoms with E-state index >= 15 is 0 Å². The summed E-state index contributed by atoms with van der Waals surface area (Å²) in [6.07, 6.45) is 0. The number of rotatable bonds is 3. The van der Waals surface area contributed by atoms with Crippen molar-refractivity contribution in [1.29, 1.82) is 0 Å². The van der Waals surface area contributed by atoms with Gasteiger partial charge in [-0.15, -0.1) is 10.2 Å². The highest BCUT2D eigenvalue weighted by Crippen LogP contribution is 2.29. The molecule has 0 spiro atoms. The molecule has 0 bridgehead atoms. The van der Waals surface area contributed by atoms with Gasteiger partial charge in [-0.2, -0.15) is 0 Å². The molecule has 1 aromatic heterocycles. The topological polar surface area (TPSA) is 67.4 Å². The Hall–Kier alpha value is -1.05. The monoisotopic (exact) mass is 340 g/mol. The van der Waals surface area contributed by atoms with Crippen molar-refractivity contribution in [2.45, 2.75) is 65.1 Å². The lowest BCUT2D eigenvalue weighted by Crippen LogP contribution is -2.58. The Morgan fingerprint density at radius 1 is 1.22 bits per heavy atom. The molecule has 6 nitrogen and oxygen atoms in total. The Kier molecular flexibility index (Phi) is 4.86. The van der Waals surface area contributed by atoms with E-state index < -0.39 is 0 Å². The van der Waals surface area contributed by atoms with E-state index in [-0.39, 0.29) is 22.5 Å². The zero-order chi connectivity index (χ0) is 17.5. The molecule has 0 aromatic carbocycles. The van der Waals surface area contributed by atoms with Crippen molar-refractivity contribution in [3.63, 3.8) is 0 Å². The summed E-state index contributed by atoms with van der Waals surface area (Å²) in [5, 5.41) is 12.6. The fourth-order valence-electron chi connectivity index (χ4n) is 3.00. The smallest absolute Gasteiger partial charge is 0.240 e. The standard InChI is InChI=1S/C16H28N4O2S/c1-14(2,3)12-18-19-13(23-12)17-11(21)8-20-9-15(4,5)22-16(6,7)10-20/h8-10H2,1-7H3,(H,17,19,21). The highest BCUT2D eigenvalue weighted by molar-refractivity contribution is 7.15. The summed E-state index contributed by atoms with van der Waals surface area (Å²) in [5.74, 6) is -0.0601. The SMILES string of the molecule is CC1(C)CN(CC(=O)Nc2nnc(C(C)(C)C)s2)CC(C)(C)O1. The van der Waals surface area contributed by atoms with Gasteiger partial charge in [0.2, 0.25) is 11.0 Å². The molecule has 23 heavy (non-hydrogen) atoms. The summed E-state index contributed by atoms with van der Waals surface area (Å²) >= 11 is 1.43. The number of carbonyl (C=O) groups excluding carboxylic acids is 1. The normalized spacial score (nSPS) is 21.2. The van der Waals surface area contributed by atoms with Crippen LogP contribution in [0, 0.1) is 0 Å². The van der Waals surface area contributed by atoms with Crippen LogP contribution in [-0.4, -0.2) is 51.8 Å². The van der Waals surface area contributed by atoms with E-state index in [2.05, 4.69) is 68.9 Å². The van der Waals surface area contributed by atoms with Crippen molar-refractivity contribution in [3.8, 4) is 0 Å². The number of ether oxygens (including phenoxy) is 1. The number of nitrogens with zero attached hydrogens (tertiary/aromatic N) is 3.